The first-order valence-corrected chi connectivity index (χ1v) is 6.00. The van der Waals surface area contributed by atoms with Gasteiger partial charge in [0.05, 0.1) is 4.92 Å². The third-order valence-corrected chi connectivity index (χ3v) is 3.10. The Balaban J connectivity index is 3.58. The van der Waals surface area contributed by atoms with Crippen LogP contribution in [-0.2, 0) is 9.05 Å². The molecule has 0 saturated heterocycles. The zero-order chi connectivity index (χ0) is 11.8. The molecule has 0 aliphatic heterocycles. The van der Waals surface area contributed by atoms with E-state index in [2.05, 4.69) is 0 Å². The molecule has 1 aromatic rings. The lowest BCUT2D eigenvalue weighted by atomic mass is 10.3. The first-order chi connectivity index (χ1) is 6.73. The van der Waals surface area contributed by atoms with Crippen molar-refractivity contribution in [3.05, 3.63) is 33.1 Å². The van der Waals surface area contributed by atoms with Gasteiger partial charge in [-0.05, 0) is 0 Å². The molecule has 0 aromatic heterocycles. The maximum Gasteiger partial charge on any atom is 0.289 e. The largest absolute Gasteiger partial charge is 0.289 e. The Morgan fingerprint density at radius 2 is 1.93 bits per heavy atom. The van der Waals surface area contributed by atoms with Gasteiger partial charge in [0.1, 0.15) is 15.7 Å². The Labute approximate surface area is 93.0 Å². The maximum atomic E-state index is 13.0. The summed E-state index contributed by atoms with van der Waals surface area (Å²) < 4.78 is 34.6. The molecule has 0 bridgehead atoms. The van der Waals surface area contributed by atoms with E-state index in [1.54, 1.807) is 0 Å². The summed E-state index contributed by atoms with van der Waals surface area (Å²) in [5.41, 5.74) is -0.725. The molecule has 0 radical (unpaired) electrons. The zero-order valence-corrected chi connectivity index (χ0v) is 9.11. The molecule has 0 heterocycles. The van der Waals surface area contributed by atoms with Crippen LogP contribution in [0.25, 0.3) is 0 Å². The highest BCUT2D eigenvalue weighted by Gasteiger charge is 2.23. The summed E-state index contributed by atoms with van der Waals surface area (Å²) in [5.74, 6) is -1.24. The van der Waals surface area contributed by atoms with E-state index in [0.717, 1.165) is 0 Å². The Morgan fingerprint density at radius 3 is 2.33 bits per heavy atom. The van der Waals surface area contributed by atoms with E-state index in [-0.39, 0.29) is 0 Å². The molecular formula is C6H2Cl2FNO4S. The van der Waals surface area contributed by atoms with Gasteiger partial charge in [0.25, 0.3) is 14.7 Å². The maximum absolute atomic E-state index is 13.0. The Hall–Kier alpha value is -0.920. The summed E-state index contributed by atoms with van der Waals surface area (Å²) in [6, 6.07) is 0.995. The summed E-state index contributed by atoms with van der Waals surface area (Å²) in [5, 5.41) is 9.87. The predicted octanol–water partition coefficient (Wildman–Crippen LogP) is 2.31. The molecule has 1 rings (SSSR count). The second kappa shape index (κ2) is 3.92. The Kier molecular flexibility index (Phi) is 3.17. The fourth-order valence-corrected chi connectivity index (χ4v) is 1.96. The molecule has 0 aliphatic rings. The summed E-state index contributed by atoms with van der Waals surface area (Å²) in [4.78, 5) is 8.46. The van der Waals surface area contributed by atoms with E-state index in [0.29, 0.717) is 12.1 Å². The van der Waals surface area contributed by atoms with Crippen molar-refractivity contribution in [2.45, 2.75) is 4.90 Å². The number of hydrogen-bond acceptors (Lipinski definition) is 4. The average molecular weight is 274 g/mol. The lowest BCUT2D eigenvalue weighted by Gasteiger charge is -2.00. The van der Waals surface area contributed by atoms with Crippen LogP contribution in [0.15, 0.2) is 17.0 Å². The molecule has 82 valence electrons. The van der Waals surface area contributed by atoms with Gasteiger partial charge in [-0.25, -0.2) is 12.8 Å². The number of nitro benzene ring substituents is 1. The van der Waals surface area contributed by atoms with Crippen molar-refractivity contribution in [3.8, 4) is 0 Å². The lowest BCUT2D eigenvalue weighted by molar-refractivity contribution is -0.385. The van der Waals surface area contributed by atoms with Gasteiger partial charge in [-0.15, -0.1) is 0 Å². The van der Waals surface area contributed by atoms with Crippen molar-refractivity contribution >= 4 is 37.0 Å². The number of hydrogen-bond donors (Lipinski definition) is 0. The number of rotatable bonds is 2. The van der Waals surface area contributed by atoms with Gasteiger partial charge >= 0.3 is 0 Å². The number of benzene rings is 1. The molecule has 0 saturated carbocycles. The molecule has 0 unspecified atom stereocenters. The molecule has 1 aromatic carbocycles. The van der Waals surface area contributed by atoms with Crippen LogP contribution < -0.4 is 0 Å². The van der Waals surface area contributed by atoms with E-state index in [1.807, 2.05) is 0 Å². The predicted molar refractivity (Wildman–Crippen MR) is 51.1 cm³/mol. The van der Waals surface area contributed by atoms with Crippen LogP contribution in [0.5, 0.6) is 0 Å². The van der Waals surface area contributed by atoms with Crippen LogP contribution in [0.4, 0.5) is 10.1 Å². The summed E-state index contributed by atoms with van der Waals surface area (Å²) in [7, 11) is 0.487. The minimum atomic E-state index is -4.37. The molecule has 0 N–H and O–H groups in total. The highest BCUT2D eigenvalue weighted by Crippen LogP contribution is 2.30. The quantitative estimate of drug-likeness (QED) is 0.471. The van der Waals surface area contributed by atoms with Gasteiger partial charge < -0.3 is 0 Å². The van der Waals surface area contributed by atoms with Crippen molar-refractivity contribution < 1.29 is 17.7 Å². The molecule has 9 heteroatoms. The standard InChI is InChI=1S/C6H2Cl2FNO4S/c7-3-1-4(9)6(15(8,13)14)2-5(3)10(11)12/h1-2H. The molecule has 5 nitrogen and oxygen atoms in total. The van der Waals surface area contributed by atoms with E-state index in [4.69, 9.17) is 22.3 Å². The number of nitrogens with zero attached hydrogens (tertiary/aromatic N) is 1. The van der Waals surface area contributed by atoms with Crippen LogP contribution in [-0.4, -0.2) is 13.3 Å². The second-order valence-electron chi connectivity index (χ2n) is 2.43. The normalized spacial score (nSPS) is 11.4. The van der Waals surface area contributed by atoms with Crippen molar-refractivity contribution in [3.63, 3.8) is 0 Å². The van der Waals surface area contributed by atoms with Crippen LogP contribution >= 0.6 is 22.3 Å². The van der Waals surface area contributed by atoms with E-state index < -0.39 is 35.4 Å². The van der Waals surface area contributed by atoms with E-state index in [9.17, 15) is 22.9 Å². The van der Waals surface area contributed by atoms with Gasteiger partial charge in [-0.2, -0.15) is 0 Å². The Morgan fingerprint density at radius 1 is 1.40 bits per heavy atom. The Bertz CT molecular complexity index is 530. The third kappa shape index (κ3) is 2.55. The highest BCUT2D eigenvalue weighted by atomic mass is 35.7. The van der Waals surface area contributed by atoms with Gasteiger partial charge in [-0.3, -0.25) is 10.1 Å². The van der Waals surface area contributed by atoms with Crippen molar-refractivity contribution in [1.82, 2.24) is 0 Å². The molecular weight excluding hydrogens is 272 g/mol. The van der Waals surface area contributed by atoms with Crippen molar-refractivity contribution in [2.75, 3.05) is 0 Å². The summed E-state index contributed by atoms with van der Waals surface area (Å²) >= 11 is 5.33. The molecule has 0 amide bonds. The smallest absolute Gasteiger partial charge is 0.258 e. The molecule has 0 atom stereocenters. The molecule has 0 spiro atoms. The molecule has 15 heavy (non-hydrogen) atoms. The first kappa shape index (κ1) is 12.2. The van der Waals surface area contributed by atoms with Crippen LogP contribution in [0, 0.1) is 15.9 Å². The third-order valence-electron chi connectivity index (χ3n) is 1.46. The van der Waals surface area contributed by atoms with Crippen LogP contribution in [0.1, 0.15) is 0 Å². The fraction of sp³-hybridized carbons (Fsp3) is 0. The van der Waals surface area contributed by atoms with Gasteiger partial charge in [0.2, 0.25) is 0 Å². The van der Waals surface area contributed by atoms with Gasteiger partial charge in [-0.1, -0.05) is 11.6 Å². The van der Waals surface area contributed by atoms with Gasteiger partial charge in [0, 0.05) is 22.8 Å². The zero-order valence-electron chi connectivity index (χ0n) is 6.78. The second-order valence-corrected chi connectivity index (χ2v) is 5.37. The van der Waals surface area contributed by atoms with Gasteiger partial charge in [0.15, 0.2) is 0 Å². The average Bonchev–Trinajstić information content (AvgIpc) is 2.00. The lowest BCUT2D eigenvalue weighted by Crippen LogP contribution is -1.98. The highest BCUT2D eigenvalue weighted by molar-refractivity contribution is 8.13. The number of nitro groups is 1. The SMILES string of the molecule is O=[N+]([O-])c1cc(S(=O)(=O)Cl)c(F)cc1Cl. The van der Waals surface area contributed by atoms with Crippen LogP contribution in [0.3, 0.4) is 0 Å². The minimum Gasteiger partial charge on any atom is -0.258 e. The van der Waals surface area contributed by atoms with E-state index in [1.165, 1.54) is 0 Å². The minimum absolute atomic E-state index is 0.472. The van der Waals surface area contributed by atoms with Crippen LogP contribution in [0.2, 0.25) is 5.02 Å². The fourth-order valence-electron chi connectivity index (χ4n) is 0.845. The molecule has 0 fully saturated rings. The summed E-state index contributed by atoms with van der Waals surface area (Å²) in [6.45, 7) is 0. The molecule has 0 aliphatic carbocycles. The topological polar surface area (TPSA) is 77.3 Å². The van der Waals surface area contributed by atoms with Crippen molar-refractivity contribution in [1.29, 1.82) is 0 Å². The monoisotopic (exact) mass is 273 g/mol. The summed E-state index contributed by atoms with van der Waals surface area (Å²) in [6.07, 6.45) is 0. The van der Waals surface area contributed by atoms with E-state index >= 15 is 0 Å². The number of halogens is 3. The van der Waals surface area contributed by atoms with Crippen molar-refractivity contribution in [2.24, 2.45) is 0 Å². The first-order valence-electron chi connectivity index (χ1n) is 3.31.